The smallest absolute Gasteiger partial charge is 0.239 e. The molecular weight excluding hydrogens is 364 g/mol. The van der Waals surface area contributed by atoms with Gasteiger partial charge in [0.15, 0.2) is 0 Å². The first kappa shape index (κ1) is 31.1. The number of rotatable bonds is 13. The van der Waals surface area contributed by atoms with Crippen LogP contribution in [-0.4, -0.2) is 43.5 Å². The summed E-state index contributed by atoms with van der Waals surface area (Å²) in [6.45, 7) is 17.3. The first-order valence-corrected chi connectivity index (χ1v) is 10.2. The topological polar surface area (TPSA) is 58.6 Å². The van der Waals surface area contributed by atoms with E-state index >= 15 is 0 Å². The zero-order chi connectivity index (χ0) is 22.9. The van der Waals surface area contributed by atoms with Crippen molar-refractivity contribution < 1.29 is 14.3 Å². The summed E-state index contributed by atoms with van der Waals surface area (Å²) in [6, 6.07) is 0.0278. The van der Waals surface area contributed by atoms with E-state index in [1.807, 2.05) is 65.0 Å². The predicted molar refractivity (Wildman–Crippen MR) is 126 cm³/mol. The second-order valence-electron chi connectivity index (χ2n) is 5.79. The summed E-state index contributed by atoms with van der Waals surface area (Å²) in [5, 5.41) is 2.90. The van der Waals surface area contributed by atoms with Crippen molar-refractivity contribution in [2.24, 2.45) is 0 Å². The first-order valence-electron chi connectivity index (χ1n) is 10.2. The minimum atomic E-state index is -0.149. The lowest BCUT2D eigenvalue weighted by molar-refractivity contribution is -0.128. The molecule has 0 aromatic carbocycles. The molecule has 1 atom stereocenters. The summed E-state index contributed by atoms with van der Waals surface area (Å²) in [5.41, 5.74) is 0. The van der Waals surface area contributed by atoms with Gasteiger partial charge < -0.3 is 15.0 Å². The Kier molecular flexibility index (Phi) is 27.3. The largest absolute Gasteiger partial charge is 0.501 e. The van der Waals surface area contributed by atoms with Crippen LogP contribution >= 0.6 is 0 Å². The van der Waals surface area contributed by atoms with Gasteiger partial charge in [-0.3, -0.25) is 9.59 Å². The van der Waals surface area contributed by atoms with Gasteiger partial charge in [0.05, 0.1) is 19.4 Å². The van der Waals surface area contributed by atoms with Crippen LogP contribution in [0.2, 0.25) is 0 Å². The van der Waals surface area contributed by atoms with E-state index < -0.39 is 0 Å². The summed E-state index contributed by atoms with van der Waals surface area (Å²) >= 11 is 0. The van der Waals surface area contributed by atoms with Gasteiger partial charge in [0, 0.05) is 19.0 Å². The molecule has 0 aliphatic carbocycles. The molecule has 5 heteroatoms. The Balaban J connectivity index is -0.00000123. The average molecular weight is 407 g/mol. The number of hydrogen-bond donors (Lipinski definition) is 1. The maximum Gasteiger partial charge on any atom is 0.239 e. The van der Waals surface area contributed by atoms with E-state index in [0.717, 1.165) is 18.6 Å². The molecule has 1 unspecified atom stereocenters. The monoisotopic (exact) mass is 406 g/mol. The highest BCUT2D eigenvalue weighted by Crippen LogP contribution is 2.07. The summed E-state index contributed by atoms with van der Waals surface area (Å²) in [4.78, 5) is 24.5. The molecule has 5 nitrogen and oxygen atoms in total. The van der Waals surface area contributed by atoms with Crippen LogP contribution < -0.4 is 5.32 Å². The van der Waals surface area contributed by atoms with Crippen LogP contribution in [-0.2, 0) is 14.3 Å². The van der Waals surface area contributed by atoms with E-state index in [4.69, 9.17) is 4.74 Å². The number of nitrogens with one attached hydrogen (secondary N) is 1. The van der Waals surface area contributed by atoms with Gasteiger partial charge >= 0.3 is 0 Å². The van der Waals surface area contributed by atoms with Gasteiger partial charge in [-0.05, 0) is 39.7 Å². The van der Waals surface area contributed by atoms with E-state index in [2.05, 4.69) is 18.5 Å². The minimum Gasteiger partial charge on any atom is -0.501 e. The van der Waals surface area contributed by atoms with E-state index in [9.17, 15) is 9.59 Å². The molecule has 1 N–H and O–H groups in total. The number of amides is 2. The summed E-state index contributed by atoms with van der Waals surface area (Å²) in [5.74, 6) is 0.757. The van der Waals surface area contributed by atoms with Crippen molar-refractivity contribution >= 4 is 12.3 Å². The van der Waals surface area contributed by atoms with Crippen molar-refractivity contribution in [3.63, 3.8) is 0 Å². The van der Waals surface area contributed by atoms with Gasteiger partial charge in [0.25, 0.3) is 0 Å². The molecule has 0 aliphatic rings. The lowest BCUT2D eigenvalue weighted by Gasteiger charge is -2.19. The fourth-order valence-electron chi connectivity index (χ4n) is 2.03. The molecule has 0 rings (SSSR count). The van der Waals surface area contributed by atoms with Crippen LogP contribution in [0.5, 0.6) is 0 Å². The van der Waals surface area contributed by atoms with Crippen LogP contribution in [0.25, 0.3) is 0 Å². The van der Waals surface area contributed by atoms with Crippen LogP contribution in [0.3, 0.4) is 0 Å². The molecule has 2 amide bonds. The number of nitrogens with zero attached hydrogens (tertiary/aromatic N) is 1. The maximum atomic E-state index is 12.0. The Hall–Kier alpha value is -2.56. The van der Waals surface area contributed by atoms with E-state index in [0.29, 0.717) is 19.4 Å². The second-order valence-corrected chi connectivity index (χ2v) is 5.79. The molecule has 0 fully saturated rings. The molecule has 0 saturated carbocycles. The van der Waals surface area contributed by atoms with Crippen molar-refractivity contribution in [2.45, 2.75) is 59.9 Å². The van der Waals surface area contributed by atoms with Gasteiger partial charge in [0.2, 0.25) is 12.3 Å². The maximum absolute atomic E-state index is 12.0. The molecule has 0 heterocycles. The normalized spacial score (nSPS) is 11.4. The molecule has 166 valence electrons. The first-order chi connectivity index (χ1) is 14.0. The number of carbonyl (C=O) groups is 2. The fourth-order valence-corrected chi connectivity index (χ4v) is 2.03. The molecule has 0 saturated heterocycles. The lowest BCUT2D eigenvalue weighted by atomic mass is 10.1. The van der Waals surface area contributed by atoms with Crippen LogP contribution in [0.4, 0.5) is 0 Å². The Morgan fingerprint density at radius 1 is 1.17 bits per heavy atom. The highest BCUT2D eigenvalue weighted by molar-refractivity contribution is 5.80. The SMILES string of the molecule is C=C/C=C\C=C/CCN(C=O)CC(=O)NC(C)CC/C(=C\C)OC.C=CC.CC. The highest BCUT2D eigenvalue weighted by Gasteiger charge is 2.11. The molecule has 0 aromatic heterocycles. The molecular formula is C24H42N2O3. The van der Waals surface area contributed by atoms with E-state index in [-0.39, 0.29) is 18.5 Å². The predicted octanol–water partition coefficient (Wildman–Crippen LogP) is 5.19. The van der Waals surface area contributed by atoms with Crippen molar-refractivity contribution in [3.05, 3.63) is 61.4 Å². The third-order valence-corrected chi connectivity index (χ3v) is 3.39. The number of allylic oxidation sites excluding steroid dienone is 7. The van der Waals surface area contributed by atoms with Crippen molar-refractivity contribution in [3.8, 4) is 0 Å². The standard InChI is InChI=1S/C19H30N2O3.C3H6.C2H6/c1-5-7-8-9-10-11-14-21(16-22)15-19(23)20-17(3)12-13-18(6-2)24-4;1-3-2;1-2/h5-10,16-17H,1,11-15H2,2-4H3,(H,20,23);3H,1H2,2H3;1-2H3/b8-7-,10-9-,18-6+;;. The van der Waals surface area contributed by atoms with Gasteiger partial charge in [-0.1, -0.05) is 56.9 Å². The molecule has 0 radical (unpaired) electrons. The van der Waals surface area contributed by atoms with Crippen LogP contribution in [0.1, 0.15) is 53.9 Å². The molecule has 0 spiro atoms. The molecule has 29 heavy (non-hydrogen) atoms. The van der Waals surface area contributed by atoms with Crippen LogP contribution in [0, 0.1) is 0 Å². The van der Waals surface area contributed by atoms with Gasteiger partial charge in [-0.15, -0.1) is 6.58 Å². The fraction of sp³-hybridized carbons (Fsp3) is 0.500. The average Bonchev–Trinajstić information content (AvgIpc) is 2.72. The second kappa shape index (κ2) is 25.4. The third-order valence-electron chi connectivity index (χ3n) is 3.39. The van der Waals surface area contributed by atoms with Crippen LogP contribution in [0.15, 0.2) is 61.4 Å². The Bertz CT molecular complexity index is 508. The quantitative estimate of drug-likeness (QED) is 0.198. The Morgan fingerprint density at radius 3 is 2.28 bits per heavy atom. The Labute approximate surface area is 178 Å². The summed E-state index contributed by atoms with van der Waals surface area (Å²) in [6.07, 6.45) is 15.9. The zero-order valence-corrected chi connectivity index (χ0v) is 19.3. The number of methoxy groups -OCH3 is 1. The van der Waals surface area contributed by atoms with Crippen molar-refractivity contribution in [1.82, 2.24) is 10.2 Å². The van der Waals surface area contributed by atoms with E-state index in [1.54, 1.807) is 19.3 Å². The number of carbonyl (C=O) groups excluding carboxylic acids is 2. The molecule has 0 bridgehead atoms. The molecule has 0 aliphatic heterocycles. The van der Waals surface area contributed by atoms with Gasteiger partial charge in [0.1, 0.15) is 0 Å². The Morgan fingerprint density at radius 2 is 1.79 bits per heavy atom. The number of hydrogen-bond acceptors (Lipinski definition) is 3. The van der Waals surface area contributed by atoms with E-state index in [1.165, 1.54) is 4.90 Å². The minimum absolute atomic E-state index is 0.0278. The summed E-state index contributed by atoms with van der Waals surface area (Å²) < 4.78 is 5.19. The molecule has 0 aromatic rings. The highest BCUT2D eigenvalue weighted by atomic mass is 16.5. The summed E-state index contributed by atoms with van der Waals surface area (Å²) in [7, 11) is 1.64. The zero-order valence-electron chi connectivity index (χ0n) is 19.3. The lowest BCUT2D eigenvalue weighted by Crippen LogP contribution is -2.41. The van der Waals surface area contributed by atoms with Crippen molar-refractivity contribution in [1.29, 1.82) is 0 Å². The number of ether oxygens (including phenoxy) is 1. The van der Waals surface area contributed by atoms with Gasteiger partial charge in [-0.2, -0.15) is 0 Å². The van der Waals surface area contributed by atoms with Gasteiger partial charge in [-0.25, -0.2) is 0 Å². The van der Waals surface area contributed by atoms with Crippen molar-refractivity contribution in [2.75, 3.05) is 20.2 Å². The third kappa shape index (κ3) is 23.4.